The van der Waals surface area contributed by atoms with Gasteiger partial charge >= 0.3 is 0 Å². The Bertz CT molecular complexity index is 604. The van der Waals surface area contributed by atoms with E-state index in [0.717, 1.165) is 25.2 Å². The SMILES string of the molecule is CN1CCN(CCCc2ccc(OCCc3ccccc3)cc2)CC1. The summed E-state index contributed by atoms with van der Waals surface area (Å²) in [5, 5.41) is 0. The van der Waals surface area contributed by atoms with Crippen molar-refractivity contribution < 1.29 is 4.74 Å². The molecular weight excluding hydrogens is 308 g/mol. The van der Waals surface area contributed by atoms with Crippen LogP contribution in [0.15, 0.2) is 54.6 Å². The zero-order chi connectivity index (χ0) is 17.3. The third-order valence-corrected chi connectivity index (χ3v) is 4.96. The van der Waals surface area contributed by atoms with Crippen LogP contribution in [0, 0.1) is 0 Å². The van der Waals surface area contributed by atoms with E-state index in [-0.39, 0.29) is 0 Å². The summed E-state index contributed by atoms with van der Waals surface area (Å²) in [7, 11) is 2.21. The van der Waals surface area contributed by atoms with Crippen LogP contribution in [0.3, 0.4) is 0 Å². The number of hydrogen-bond acceptors (Lipinski definition) is 3. The van der Waals surface area contributed by atoms with Crippen molar-refractivity contribution >= 4 is 0 Å². The van der Waals surface area contributed by atoms with Crippen LogP contribution in [0.4, 0.5) is 0 Å². The molecule has 0 unspecified atom stereocenters. The number of ether oxygens (including phenoxy) is 1. The molecule has 3 rings (SSSR count). The molecule has 3 nitrogen and oxygen atoms in total. The predicted molar refractivity (Wildman–Crippen MR) is 104 cm³/mol. The first-order chi connectivity index (χ1) is 12.3. The van der Waals surface area contributed by atoms with Crippen molar-refractivity contribution in [3.63, 3.8) is 0 Å². The van der Waals surface area contributed by atoms with Gasteiger partial charge in [-0.25, -0.2) is 0 Å². The molecule has 2 aromatic rings. The van der Waals surface area contributed by atoms with E-state index in [1.54, 1.807) is 0 Å². The van der Waals surface area contributed by atoms with Crippen LogP contribution in [0.2, 0.25) is 0 Å². The van der Waals surface area contributed by atoms with E-state index < -0.39 is 0 Å². The summed E-state index contributed by atoms with van der Waals surface area (Å²) in [6.45, 7) is 6.77. The third-order valence-electron chi connectivity index (χ3n) is 4.96. The maximum absolute atomic E-state index is 5.86. The van der Waals surface area contributed by atoms with E-state index in [1.165, 1.54) is 50.3 Å². The number of benzene rings is 2. The molecule has 3 heteroatoms. The van der Waals surface area contributed by atoms with Crippen molar-refractivity contribution in [3.05, 3.63) is 65.7 Å². The fourth-order valence-electron chi connectivity index (χ4n) is 3.26. The van der Waals surface area contributed by atoms with Gasteiger partial charge in [-0.1, -0.05) is 42.5 Å². The lowest BCUT2D eigenvalue weighted by Crippen LogP contribution is -2.44. The largest absolute Gasteiger partial charge is 0.493 e. The number of rotatable bonds is 8. The van der Waals surface area contributed by atoms with Gasteiger partial charge in [0.25, 0.3) is 0 Å². The van der Waals surface area contributed by atoms with E-state index in [4.69, 9.17) is 4.74 Å². The average Bonchev–Trinajstić information content (AvgIpc) is 2.66. The Kier molecular flexibility index (Phi) is 6.89. The van der Waals surface area contributed by atoms with Crippen LogP contribution >= 0.6 is 0 Å². The number of hydrogen-bond donors (Lipinski definition) is 0. The molecule has 0 N–H and O–H groups in total. The predicted octanol–water partition coefficient (Wildman–Crippen LogP) is 3.49. The van der Waals surface area contributed by atoms with E-state index in [0.29, 0.717) is 0 Å². The standard InChI is InChI=1S/C22H30N2O/c1-23-15-17-24(18-16-23)14-5-8-21-9-11-22(12-10-21)25-19-13-20-6-3-2-4-7-20/h2-4,6-7,9-12H,5,8,13-19H2,1H3. The summed E-state index contributed by atoms with van der Waals surface area (Å²) in [5.74, 6) is 0.971. The molecule has 1 fully saturated rings. The second-order valence-corrected chi connectivity index (χ2v) is 6.98. The molecule has 0 spiro atoms. The van der Waals surface area contributed by atoms with Gasteiger partial charge in [0.2, 0.25) is 0 Å². The van der Waals surface area contributed by atoms with Gasteiger partial charge in [-0.2, -0.15) is 0 Å². The number of aryl methyl sites for hydroxylation is 1. The molecular formula is C22H30N2O. The van der Waals surface area contributed by atoms with Crippen molar-refractivity contribution in [1.29, 1.82) is 0 Å². The zero-order valence-corrected chi connectivity index (χ0v) is 15.4. The van der Waals surface area contributed by atoms with Crippen LogP contribution < -0.4 is 4.74 Å². The number of nitrogens with zero attached hydrogens (tertiary/aromatic N) is 2. The Hall–Kier alpha value is -1.84. The van der Waals surface area contributed by atoms with E-state index in [2.05, 4.69) is 65.4 Å². The normalized spacial score (nSPS) is 16.0. The Balaban J connectivity index is 1.34. The highest BCUT2D eigenvalue weighted by Gasteiger charge is 2.12. The van der Waals surface area contributed by atoms with Crippen LogP contribution in [0.1, 0.15) is 17.5 Å². The molecule has 0 saturated carbocycles. The molecule has 1 saturated heterocycles. The minimum atomic E-state index is 0.729. The molecule has 134 valence electrons. The minimum Gasteiger partial charge on any atom is -0.493 e. The quantitative estimate of drug-likeness (QED) is 0.733. The number of likely N-dealkylation sites (N-methyl/N-ethyl adjacent to an activating group) is 1. The lowest BCUT2D eigenvalue weighted by Gasteiger charge is -2.32. The summed E-state index contributed by atoms with van der Waals surface area (Å²) in [4.78, 5) is 4.99. The molecule has 0 atom stereocenters. The highest BCUT2D eigenvalue weighted by Crippen LogP contribution is 2.14. The first kappa shape index (κ1) is 18.0. The van der Waals surface area contributed by atoms with Crippen LogP contribution in [-0.2, 0) is 12.8 Å². The van der Waals surface area contributed by atoms with Gasteiger partial charge in [-0.3, -0.25) is 0 Å². The molecule has 1 aliphatic heterocycles. The minimum absolute atomic E-state index is 0.729. The van der Waals surface area contributed by atoms with Gasteiger partial charge in [-0.15, -0.1) is 0 Å². The molecule has 0 amide bonds. The smallest absolute Gasteiger partial charge is 0.119 e. The van der Waals surface area contributed by atoms with Crippen molar-refractivity contribution in [1.82, 2.24) is 9.80 Å². The third kappa shape index (κ3) is 6.18. The van der Waals surface area contributed by atoms with Gasteiger partial charge in [0.1, 0.15) is 5.75 Å². The topological polar surface area (TPSA) is 15.7 Å². The zero-order valence-electron chi connectivity index (χ0n) is 15.4. The Morgan fingerprint density at radius 1 is 0.800 bits per heavy atom. The second kappa shape index (κ2) is 9.59. The van der Waals surface area contributed by atoms with Gasteiger partial charge in [-0.05, 0) is 49.7 Å². The summed E-state index contributed by atoms with van der Waals surface area (Å²) in [6, 6.07) is 19.1. The van der Waals surface area contributed by atoms with Gasteiger partial charge in [0.05, 0.1) is 6.61 Å². The van der Waals surface area contributed by atoms with Crippen LogP contribution in [0.5, 0.6) is 5.75 Å². The number of piperazine rings is 1. The Morgan fingerprint density at radius 2 is 1.48 bits per heavy atom. The Morgan fingerprint density at radius 3 is 2.20 bits per heavy atom. The fourth-order valence-corrected chi connectivity index (χ4v) is 3.26. The molecule has 1 heterocycles. The molecule has 0 bridgehead atoms. The van der Waals surface area contributed by atoms with Gasteiger partial charge in [0.15, 0.2) is 0 Å². The maximum atomic E-state index is 5.86. The van der Waals surface area contributed by atoms with Gasteiger partial charge < -0.3 is 14.5 Å². The van der Waals surface area contributed by atoms with Gasteiger partial charge in [0, 0.05) is 32.6 Å². The lowest BCUT2D eigenvalue weighted by atomic mass is 10.1. The van der Waals surface area contributed by atoms with E-state index in [9.17, 15) is 0 Å². The Labute approximate surface area is 152 Å². The lowest BCUT2D eigenvalue weighted by molar-refractivity contribution is 0.153. The molecule has 0 aromatic heterocycles. The highest BCUT2D eigenvalue weighted by atomic mass is 16.5. The molecule has 1 aliphatic rings. The summed E-state index contributed by atoms with van der Waals surface area (Å²) < 4.78 is 5.86. The average molecular weight is 338 g/mol. The first-order valence-electron chi connectivity index (χ1n) is 9.46. The fraction of sp³-hybridized carbons (Fsp3) is 0.455. The van der Waals surface area contributed by atoms with Crippen LogP contribution in [0.25, 0.3) is 0 Å². The summed E-state index contributed by atoms with van der Waals surface area (Å²) >= 11 is 0. The highest BCUT2D eigenvalue weighted by molar-refractivity contribution is 5.27. The second-order valence-electron chi connectivity index (χ2n) is 6.98. The van der Waals surface area contributed by atoms with Crippen LogP contribution in [-0.4, -0.2) is 56.2 Å². The maximum Gasteiger partial charge on any atom is 0.119 e. The molecule has 2 aromatic carbocycles. The van der Waals surface area contributed by atoms with Crippen molar-refractivity contribution in [2.24, 2.45) is 0 Å². The summed E-state index contributed by atoms with van der Waals surface area (Å²) in [6.07, 6.45) is 3.34. The molecule has 25 heavy (non-hydrogen) atoms. The van der Waals surface area contributed by atoms with E-state index in [1.807, 2.05) is 6.07 Å². The van der Waals surface area contributed by atoms with Crippen molar-refractivity contribution in [3.8, 4) is 5.75 Å². The monoisotopic (exact) mass is 338 g/mol. The summed E-state index contributed by atoms with van der Waals surface area (Å²) in [5.41, 5.74) is 2.73. The first-order valence-corrected chi connectivity index (χ1v) is 9.46. The molecule has 0 radical (unpaired) electrons. The van der Waals surface area contributed by atoms with Crippen molar-refractivity contribution in [2.75, 3.05) is 46.4 Å². The molecule has 0 aliphatic carbocycles. The van der Waals surface area contributed by atoms with Crippen molar-refractivity contribution in [2.45, 2.75) is 19.3 Å². The van der Waals surface area contributed by atoms with E-state index >= 15 is 0 Å².